The third-order valence-corrected chi connectivity index (χ3v) is 2.60. The molecule has 1 N–H and O–H groups in total. The second kappa shape index (κ2) is 5.32. The van der Waals surface area contributed by atoms with Gasteiger partial charge in [-0.3, -0.25) is 0 Å². The summed E-state index contributed by atoms with van der Waals surface area (Å²) in [4.78, 5) is 0. The van der Waals surface area contributed by atoms with E-state index in [1.54, 1.807) is 24.3 Å². The van der Waals surface area contributed by atoms with Crippen LogP contribution in [-0.2, 0) is 0 Å². The molecular formula is C14H11F3O3. The van der Waals surface area contributed by atoms with E-state index in [-0.39, 0.29) is 0 Å². The molecule has 0 heterocycles. The monoisotopic (exact) mass is 284 g/mol. The quantitative estimate of drug-likeness (QED) is 0.927. The van der Waals surface area contributed by atoms with E-state index in [0.29, 0.717) is 16.9 Å². The van der Waals surface area contributed by atoms with Crippen molar-refractivity contribution >= 4 is 0 Å². The van der Waals surface area contributed by atoms with Crippen LogP contribution in [0.5, 0.6) is 17.2 Å². The maximum Gasteiger partial charge on any atom is 0.573 e. The van der Waals surface area contributed by atoms with Gasteiger partial charge >= 0.3 is 6.36 Å². The summed E-state index contributed by atoms with van der Waals surface area (Å²) in [6, 6.07) is 10.6. The van der Waals surface area contributed by atoms with Gasteiger partial charge in [0.25, 0.3) is 0 Å². The molecule has 0 spiro atoms. The third kappa shape index (κ3) is 3.14. The number of rotatable bonds is 3. The molecule has 0 fully saturated rings. The summed E-state index contributed by atoms with van der Waals surface area (Å²) in [5.74, 6) is -0.682. The van der Waals surface area contributed by atoms with E-state index >= 15 is 0 Å². The number of aromatic hydroxyl groups is 1. The van der Waals surface area contributed by atoms with Crippen molar-refractivity contribution < 1.29 is 27.8 Å². The minimum atomic E-state index is -4.84. The highest BCUT2D eigenvalue weighted by Crippen LogP contribution is 2.37. The van der Waals surface area contributed by atoms with Crippen molar-refractivity contribution in [3.8, 4) is 28.4 Å². The van der Waals surface area contributed by atoms with Crippen LogP contribution >= 0.6 is 0 Å². The van der Waals surface area contributed by atoms with Crippen LogP contribution in [0.4, 0.5) is 13.2 Å². The Morgan fingerprint density at radius 2 is 1.70 bits per heavy atom. The molecule has 0 saturated heterocycles. The highest BCUT2D eigenvalue weighted by Gasteiger charge is 2.32. The first-order valence-corrected chi connectivity index (χ1v) is 5.63. The van der Waals surface area contributed by atoms with E-state index in [1.807, 2.05) is 0 Å². The van der Waals surface area contributed by atoms with Crippen molar-refractivity contribution in [2.24, 2.45) is 0 Å². The van der Waals surface area contributed by atoms with Crippen molar-refractivity contribution in [2.45, 2.75) is 6.36 Å². The summed E-state index contributed by atoms with van der Waals surface area (Å²) in [5, 5.41) is 9.61. The van der Waals surface area contributed by atoms with Crippen molar-refractivity contribution in [1.82, 2.24) is 0 Å². The van der Waals surface area contributed by atoms with Crippen LogP contribution in [0.1, 0.15) is 0 Å². The largest absolute Gasteiger partial charge is 0.573 e. The summed E-state index contributed by atoms with van der Waals surface area (Å²) in [5.41, 5.74) is 1.18. The van der Waals surface area contributed by atoms with E-state index in [4.69, 9.17) is 4.74 Å². The van der Waals surface area contributed by atoms with Crippen LogP contribution in [-0.4, -0.2) is 18.6 Å². The molecule has 0 aliphatic rings. The molecule has 3 nitrogen and oxygen atoms in total. The van der Waals surface area contributed by atoms with Crippen LogP contribution < -0.4 is 9.47 Å². The zero-order valence-corrected chi connectivity index (χ0v) is 10.4. The number of halogens is 3. The number of hydrogen-bond acceptors (Lipinski definition) is 3. The second-order valence-electron chi connectivity index (χ2n) is 3.93. The first-order chi connectivity index (χ1) is 9.40. The average Bonchev–Trinajstić information content (AvgIpc) is 2.39. The molecule has 0 amide bonds. The molecule has 20 heavy (non-hydrogen) atoms. The highest BCUT2D eigenvalue weighted by atomic mass is 19.4. The van der Waals surface area contributed by atoms with Gasteiger partial charge in [-0.05, 0) is 23.8 Å². The van der Waals surface area contributed by atoms with Crippen molar-refractivity contribution in [3.63, 3.8) is 0 Å². The number of benzene rings is 2. The summed E-state index contributed by atoms with van der Waals surface area (Å²) in [6.07, 6.45) is -4.84. The van der Waals surface area contributed by atoms with Gasteiger partial charge < -0.3 is 14.6 Å². The molecule has 0 unspecified atom stereocenters. The maximum atomic E-state index is 12.1. The normalized spacial score (nSPS) is 11.2. The molecule has 0 aliphatic heterocycles. The summed E-state index contributed by atoms with van der Waals surface area (Å²) in [6.45, 7) is 0. The van der Waals surface area contributed by atoms with Gasteiger partial charge in [0.2, 0.25) is 0 Å². The predicted molar refractivity (Wildman–Crippen MR) is 66.8 cm³/mol. The number of para-hydroxylation sites is 1. The van der Waals surface area contributed by atoms with Crippen LogP contribution in [0.2, 0.25) is 0 Å². The van der Waals surface area contributed by atoms with E-state index in [1.165, 1.54) is 19.2 Å². The Morgan fingerprint density at radius 3 is 2.30 bits per heavy atom. The molecular weight excluding hydrogens is 273 g/mol. The van der Waals surface area contributed by atoms with E-state index < -0.39 is 17.9 Å². The van der Waals surface area contributed by atoms with Crippen LogP contribution in [0.25, 0.3) is 11.1 Å². The van der Waals surface area contributed by atoms with Gasteiger partial charge in [0.1, 0.15) is 5.75 Å². The van der Waals surface area contributed by atoms with Gasteiger partial charge in [-0.1, -0.05) is 24.3 Å². The average molecular weight is 284 g/mol. The van der Waals surface area contributed by atoms with Gasteiger partial charge in [-0.15, -0.1) is 13.2 Å². The molecule has 0 atom stereocenters. The van der Waals surface area contributed by atoms with Crippen LogP contribution in [0.15, 0.2) is 42.5 Å². The van der Waals surface area contributed by atoms with Crippen LogP contribution in [0, 0.1) is 0 Å². The minimum absolute atomic E-state index is 0.523. The number of phenolic OH excluding ortho intramolecular Hbond substituents is 1. The zero-order chi connectivity index (χ0) is 14.8. The molecule has 0 saturated carbocycles. The van der Waals surface area contributed by atoms with Crippen LogP contribution in [0.3, 0.4) is 0 Å². The standard InChI is InChI=1S/C14H11F3O3/c1-19-12-5-3-2-4-10(12)9-6-7-13(11(18)8-9)20-14(15,16)17/h2-8,18H,1H3. The number of hydrogen-bond donors (Lipinski definition) is 1. The van der Waals surface area contributed by atoms with Gasteiger partial charge in [-0.25, -0.2) is 0 Å². The molecule has 106 valence electrons. The van der Waals surface area contributed by atoms with Gasteiger partial charge in [0.15, 0.2) is 11.5 Å². The molecule has 0 radical (unpaired) electrons. The Bertz CT molecular complexity index is 609. The first kappa shape index (κ1) is 14.0. The fourth-order valence-electron chi connectivity index (χ4n) is 1.78. The number of phenols is 1. The Hall–Kier alpha value is -2.37. The van der Waals surface area contributed by atoms with Crippen molar-refractivity contribution in [3.05, 3.63) is 42.5 Å². The van der Waals surface area contributed by atoms with E-state index in [2.05, 4.69) is 4.74 Å². The van der Waals surface area contributed by atoms with Crippen molar-refractivity contribution in [2.75, 3.05) is 7.11 Å². The molecule has 0 aromatic heterocycles. The lowest BCUT2D eigenvalue weighted by Crippen LogP contribution is -2.17. The maximum absolute atomic E-state index is 12.1. The fraction of sp³-hybridized carbons (Fsp3) is 0.143. The number of ether oxygens (including phenoxy) is 2. The number of alkyl halides is 3. The Morgan fingerprint density at radius 1 is 1.00 bits per heavy atom. The summed E-state index contributed by atoms with van der Waals surface area (Å²) in [7, 11) is 1.49. The smallest absolute Gasteiger partial charge is 0.504 e. The van der Waals surface area contributed by atoms with Gasteiger partial charge in [0, 0.05) is 5.56 Å². The van der Waals surface area contributed by atoms with Gasteiger partial charge in [-0.2, -0.15) is 0 Å². The predicted octanol–water partition coefficient (Wildman–Crippen LogP) is 3.97. The first-order valence-electron chi connectivity index (χ1n) is 5.63. The molecule has 2 aromatic rings. The molecule has 0 bridgehead atoms. The Balaban J connectivity index is 2.38. The Labute approximate surface area is 113 Å². The number of methoxy groups -OCH3 is 1. The molecule has 6 heteroatoms. The lowest BCUT2D eigenvalue weighted by atomic mass is 10.0. The zero-order valence-electron chi connectivity index (χ0n) is 10.4. The molecule has 0 aliphatic carbocycles. The molecule has 2 rings (SSSR count). The van der Waals surface area contributed by atoms with E-state index in [0.717, 1.165) is 6.07 Å². The Kier molecular flexibility index (Phi) is 3.74. The van der Waals surface area contributed by atoms with Crippen molar-refractivity contribution in [1.29, 1.82) is 0 Å². The topological polar surface area (TPSA) is 38.7 Å². The van der Waals surface area contributed by atoms with Gasteiger partial charge in [0.05, 0.1) is 7.11 Å². The highest BCUT2D eigenvalue weighted by molar-refractivity contribution is 5.72. The lowest BCUT2D eigenvalue weighted by molar-refractivity contribution is -0.275. The summed E-state index contributed by atoms with van der Waals surface area (Å²) < 4.78 is 45.2. The SMILES string of the molecule is COc1ccccc1-c1ccc(OC(F)(F)F)c(O)c1. The lowest BCUT2D eigenvalue weighted by Gasteiger charge is -2.12. The third-order valence-electron chi connectivity index (χ3n) is 2.60. The second-order valence-corrected chi connectivity index (χ2v) is 3.93. The fourth-order valence-corrected chi connectivity index (χ4v) is 1.78. The van der Waals surface area contributed by atoms with E-state index in [9.17, 15) is 18.3 Å². The summed E-state index contributed by atoms with van der Waals surface area (Å²) >= 11 is 0. The molecule has 2 aromatic carbocycles. The minimum Gasteiger partial charge on any atom is -0.504 e.